The number of rotatable bonds is 1. The molecule has 4 heterocycles. The van der Waals surface area contributed by atoms with E-state index in [4.69, 9.17) is 0 Å². The molecule has 14 rings (SSSR count). The maximum absolute atomic E-state index is 2.72. The van der Waals surface area contributed by atoms with Gasteiger partial charge in [0.15, 0.2) is 0 Å². The average molecular weight is 813 g/mol. The van der Waals surface area contributed by atoms with Crippen molar-refractivity contribution in [3.05, 3.63) is 173 Å². The molecule has 2 aliphatic carbocycles. The second-order valence-corrected chi connectivity index (χ2v) is 21.6. The summed E-state index contributed by atoms with van der Waals surface area (Å²) < 4.78 is 5.36. The van der Waals surface area contributed by atoms with Crippen LogP contribution < -0.4 is 15.7 Å². The first-order valence-electron chi connectivity index (χ1n) is 22.3. The van der Waals surface area contributed by atoms with Gasteiger partial charge in [0, 0.05) is 64.4 Å². The van der Waals surface area contributed by atoms with Crippen molar-refractivity contribution in [1.82, 2.24) is 4.57 Å². The van der Waals surface area contributed by atoms with Gasteiger partial charge in [0.1, 0.15) is 0 Å². The van der Waals surface area contributed by atoms with Crippen LogP contribution in [-0.2, 0) is 16.2 Å². The highest BCUT2D eigenvalue weighted by molar-refractivity contribution is 7.25. The molecule has 2 aromatic heterocycles. The van der Waals surface area contributed by atoms with Crippen molar-refractivity contribution in [2.45, 2.75) is 64.7 Å². The smallest absolute Gasteiger partial charge is 0.333 e. The second-order valence-electron chi connectivity index (χ2n) is 20.5. The number of anilines is 2. The third-order valence-electron chi connectivity index (χ3n) is 15.5. The lowest BCUT2D eigenvalue weighted by molar-refractivity contribution is 0.590. The maximum atomic E-state index is 2.72. The van der Waals surface area contributed by atoms with Crippen LogP contribution >= 0.6 is 11.3 Å². The van der Waals surface area contributed by atoms with Gasteiger partial charge in [-0.2, -0.15) is 0 Å². The highest BCUT2D eigenvalue weighted by atomic mass is 32.1. The fraction of sp³-hybridized carbons (Fsp3) is 0.172. The molecule has 0 N–H and O–H groups in total. The highest BCUT2D eigenvalue weighted by Crippen LogP contribution is 2.56. The van der Waals surface area contributed by atoms with Crippen LogP contribution in [-0.4, -0.2) is 11.4 Å². The summed E-state index contributed by atoms with van der Waals surface area (Å²) >= 11 is 1.92. The van der Waals surface area contributed by atoms with Crippen molar-refractivity contribution >= 4 is 82.5 Å². The zero-order valence-corrected chi connectivity index (χ0v) is 37.1. The third kappa shape index (κ3) is 4.22. The van der Waals surface area contributed by atoms with Gasteiger partial charge in [0.25, 0.3) is 0 Å². The van der Waals surface area contributed by atoms with E-state index in [0.717, 1.165) is 0 Å². The molecule has 4 aliphatic rings. The van der Waals surface area contributed by atoms with Crippen LogP contribution in [0.2, 0.25) is 0 Å². The molecule has 0 saturated heterocycles. The number of benzene rings is 8. The summed E-state index contributed by atoms with van der Waals surface area (Å²) in [7, 11) is 0. The van der Waals surface area contributed by atoms with Gasteiger partial charge >= 0.3 is 6.85 Å². The standard InChI is InChI=1S/C58H45BN2S/c1-56(2,3)32-20-22-33(23-21-32)61-50-29-40-35-15-9-12-18-45(35)57(4,5)46(40)27-42(50)37-24-25-38-41-26-43-36-16-10-13-19-52(36)62-53(43)31-49(41)60-51-30-47-39(28-48(51)59(61)54(37)55(38)60)34-14-8-11-17-44(34)58(47,6)7/h8-31H,1-7H3. The van der Waals surface area contributed by atoms with Crippen LogP contribution in [0, 0.1) is 0 Å². The molecule has 0 radical (unpaired) electrons. The molecule has 0 spiro atoms. The Kier molecular flexibility index (Phi) is 6.46. The summed E-state index contributed by atoms with van der Waals surface area (Å²) in [5.74, 6) is 0. The second kappa shape index (κ2) is 11.4. The van der Waals surface area contributed by atoms with Gasteiger partial charge in [0.05, 0.1) is 11.0 Å². The Balaban J connectivity index is 1.16. The number of aromatic nitrogens is 1. The minimum Gasteiger partial charge on any atom is -0.376 e. The van der Waals surface area contributed by atoms with Crippen LogP contribution in [0.15, 0.2) is 146 Å². The maximum Gasteiger partial charge on any atom is 0.333 e. The first-order valence-corrected chi connectivity index (χ1v) is 23.1. The molecule has 62 heavy (non-hydrogen) atoms. The molecule has 2 nitrogen and oxygen atoms in total. The van der Waals surface area contributed by atoms with Crippen LogP contribution in [0.5, 0.6) is 0 Å². The topological polar surface area (TPSA) is 8.17 Å². The SMILES string of the molecule is CC(C)(C)c1ccc(N2B3c4cc5c(cc4-n4c6cc7sc8ccccc8c7cc6c6ccc(c3c64)-c3cc4c(cc32)-c2ccccc2C4(C)C)C(C)(C)c2ccccc2-5)cc1. The Morgan fingerprint density at radius 1 is 0.484 bits per heavy atom. The molecule has 2 aliphatic heterocycles. The normalized spacial score (nSPS) is 15.9. The molecular weight excluding hydrogens is 768 g/mol. The largest absolute Gasteiger partial charge is 0.376 e. The van der Waals surface area contributed by atoms with Crippen molar-refractivity contribution < 1.29 is 0 Å². The molecular formula is C58H45BN2S. The Hall–Kier alpha value is -6.36. The third-order valence-corrected chi connectivity index (χ3v) is 16.7. The van der Waals surface area contributed by atoms with Crippen molar-refractivity contribution in [1.29, 1.82) is 0 Å². The van der Waals surface area contributed by atoms with E-state index in [2.05, 4.69) is 203 Å². The van der Waals surface area contributed by atoms with E-state index in [1.807, 2.05) is 11.3 Å². The number of hydrogen-bond acceptors (Lipinski definition) is 2. The Bertz CT molecular complexity index is 3680. The lowest BCUT2D eigenvalue weighted by atomic mass is 9.43. The predicted molar refractivity (Wildman–Crippen MR) is 267 cm³/mol. The highest BCUT2D eigenvalue weighted by Gasteiger charge is 2.47. The van der Waals surface area contributed by atoms with Gasteiger partial charge in [-0.25, -0.2) is 0 Å². The number of fused-ring (bicyclic) bond motifs is 17. The molecule has 0 unspecified atom stereocenters. The Morgan fingerprint density at radius 2 is 1.15 bits per heavy atom. The van der Waals surface area contributed by atoms with Crippen LogP contribution in [0.1, 0.15) is 76.3 Å². The van der Waals surface area contributed by atoms with E-state index >= 15 is 0 Å². The quantitative estimate of drug-likeness (QED) is 0.150. The summed E-state index contributed by atoms with van der Waals surface area (Å²) in [6, 6.07) is 56.9. The minimum absolute atomic E-state index is 0.0470. The van der Waals surface area contributed by atoms with Gasteiger partial charge in [0.2, 0.25) is 0 Å². The lowest BCUT2D eigenvalue weighted by Gasteiger charge is -2.43. The van der Waals surface area contributed by atoms with Crippen LogP contribution in [0.4, 0.5) is 11.4 Å². The van der Waals surface area contributed by atoms with Gasteiger partial charge in [-0.3, -0.25) is 0 Å². The summed E-state index contributed by atoms with van der Waals surface area (Å²) in [5.41, 5.74) is 24.1. The van der Waals surface area contributed by atoms with Gasteiger partial charge in [-0.15, -0.1) is 11.3 Å². The number of hydrogen-bond donors (Lipinski definition) is 0. The molecule has 0 fully saturated rings. The van der Waals surface area contributed by atoms with Crippen LogP contribution in [0.25, 0.3) is 81.0 Å². The van der Waals surface area contributed by atoms with E-state index in [1.54, 1.807) is 0 Å². The fourth-order valence-corrected chi connectivity index (χ4v) is 13.5. The predicted octanol–water partition coefficient (Wildman–Crippen LogP) is 14.3. The fourth-order valence-electron chi connectivity index (χ4n) is 12.4. The Morgan fingerprint density at radius 3 is 1.87 bits per heavy atom. The zero-order chi connectivity index (χ0) is 41.8. The van der Waals surface area contributed by atoms with Crippen molar-refractivity contribution in [2.75, 3.05) is 4.81 Å². The minimum atomic E-state index is -0.133. The van der Waals surface area contributed by atoms with Gasteiger partial charge in [-0.05, 0) is 121 Å². The summed E-state index contributed by atoms with van der Waals surface area (Å²) in [5, 5.41) is 5.34. The monoisotopic (exact) mass is 812 g/mol. The first-order chi connectivity index (χ1) is 29.9. The van der Waals surface area contributed by atoms with E-state index in [9.17, 15) is 0 Å². The summed E-state index contributed by atoms with van der Waals surface area (Å²) in [6.45, 7) is 16.6. The molecule has 0 bridgehead atoms. The van der Waals surface area contributed by atoms with Crippen molar-refractivity contribution in [2.24, 2.45) is 0 Å². The molecule has 296 valence electrons. The van der Waals surface area contributed by atoms with Crippen molar-refractivity contribution in [3.63, 3.8) is 0 Å². The summed E-state index contributed by atoms with van der Waals surface area (Å²) in [4.78, 5) is 2.72. The van der Waals surface area contributed by atoms with E-state index in [-0.39, 0.29) is 23.1 Å². The van der Waals surface area contributed by atoms with Crippen molar-refractivity contribution in [3.8, 4) is 39.1 Å². The molecule has 4 heteroatoms. The van der Waals surface area contributed by atoms with Crippen LogP contribution in [0.3, 0.4) is 0 Å². The van der Waals surface area contributed by atoms with Gasteiger partial charge in [-0.1, -0.05) is 146 Å². The lowest BCUT2D eigenvalue weighted by Crippen LogP contribution is -2.60. The molecule has 0 saturated carbocycles. The molecule has 10 aromatic rings. The molecule has 0 amide bonds. The van der Waals surface area contributed by atoms with E-state index < -0.39 is 0 Å². The zero-order valence-electron chi connectivity index (χ0n) is 36.2. The number of nitrogens with zero attached hydrogens (tertiary/aromatic N) is 2. The van der Waals surface area contributed by atoms with Gasteiger partial charge < -0.3 is 9.38 Å². The summed E-state index contributed by atoms with van der Waals surface area (Å²) in [6.07, 6.45) is 0. The van der Waals surface area contributed by atoms with E-state index in [1.165, 1.54) is 131 Å². The first kappa shape index (κ1) is 35.3. The Labute approximate surface area is 367 Å². The molecule has 0 atom stereocenters. The number of thiophene rings is 1. The average Bonchev–Trinajstić information content (AvgIpc) is 3.94. The molecule has 8 aromatic carbocycles. The van der Waals surface area contributed by atoms with E-state index in [0.29, 0.717) is 0 Å².